The van der Waals surface area contributed by atoms with E-state index in [1.54, 1.807) is 4.40 Å². The van der Waals surface area contributed by atoms with E-state index in [1.807, 2.05) is 38.2 Å². The van der Waals surface area contributed by atoms with Gasteiger partial charge in [-0.25, -0.2) is 4.98 Å². The molecule has 2 rings (SSSR count). The number of fused-ring (bicyclic) bond motifs is 1. The molecule has 2 N–H and O–H groups in total. The van der Waals surface area contributed by atoms with E-state index in [4.69, 9.17) is 0 Å². The zero-order valence-electron chi connectivity index (χ0n) is 11.3. The Labute approximate surface area is 112 Å². The van der Waals surface area contributed by atoms with Crippen molar-refractivity contribution in [1.82, 2.24) is 14.7 Å². The molecule has 0 fully saturated rings. The van der Waals surface area contributed by atoms with Crippen LogP contribution in [-0.4, -0.2) is 33.0 Å². The molecule has 0 radical (unpaired) electrons. The molecule has 19 heavy (non-hydrogen) atoms. The minimum Gasteiger partial charge on any atom is -0.394 e. The molecule has 0 aliphatic heterocycles. The Hall–Kier alpha value is -1.88. The summed E-state index contributed by atoms with van der Waals surface area (Å²) in [4.78, 5) is 16.8. The number of hydrogen-bond donors (Lipinski definition) is 2. The molecule has 0 spiro atoms. The van der Waals surface area contributed by atoms with Crippen LogP contribution in [0.1, 0.15) is 36.5 Å². The number of aliphatic hydroxyl groups is 1. The van der Waals surface area contributed by atoms with Crippen LogP contribution >= 0.6 is 0 Å². The second kappa shape index (κ2) is 5.84. The lowest BCUT2D eigenvalue weighted by atomic mass is 10.2. The summed E-state index contributed by atoms with van der Waals surface area (Å²) in [5, 5.41) is 12.0. The summed E-state index contributed by atoms with van der Waals surface area (Å²) in [5.74, 6) is -0.184. The normalized spacial score (nSPS) is 12.6. The summed E-state index contributed by atoms with van der Waals surface area (Å²) >= 11 is 0. The molecule has 0 aliphatic carbocycles. The number of rotatable bonds is 5. The maximum atomic E-state index is 12.3. The second-order valence-corrected chi connectivity index (χ2v) is 4.45. The molecule has 0 saturated heterocycles. The van der Waals surface area contributed by atoms with Crippen molar-refractivity contribution in [3.8, 4) is 0 Å². The Bertz CT molecular complexity index is 573. The molecule has 2 aromatic heterocycles. The van der Waals surface area contributed by atoms with Gasteiger partial charge in [0.2, 0.25) is 0 Å². The Balaban J connectivity index is 2.40. The number of amides is 1. The average molecular weight is 261 g/mol. The molecular weight excluding hydrogens is 242 g/mol. The number of nitrogens with one attached hydrogen (secondary N) is 1. The molecule has 2 heterocycles. The molecule has 5 heteroatoms. The SMILES string of the molecule is CCc1nc2ccccn2c1C(=O)NC(CC)CO. The zero-order chi connectivity index (χ0) is 13.8. The van der Waals surface area contributed by atoms with Gasteiger partial charge in [-0.05, 0) is 25.0 Å². The van der Waals surface area contributed by atoms with Gasteiger partial charge >= 0.3 is 0 Å². The average Bonchev–Trinajstić information content (AvgIpc) is 2.83. The Morgan fingerprint density at radius 3 is 2.89 bits per heavy atom. The van der Waals surface area contributed by atoms with Gasteiger partial charge in [0, 0.05) is 6.20 Å². The smallest absolute Gasteiger partial charge is 0.270 e. The lowest BCUT2D eigenvalue weighted by Crippen LogP contribution is -2.37. The van der Waals surface area contributed by atoms with Crippen molar-refractivity contribution in [3.05, 3.63) is 35.8 Å². The molecule has 1 unspecified atom stereocenters. The van der Waals surface area contributed by atoms with Gasteiger partial charge in [-0.2, -0.15) is 0 Å². The van der Waals surface area contributed by atoms with Crippen LogP contribution in [0.3, 0.4) is 0 Å². The standard InChI is InChI=1S/C14H19N3O2/c1-3-10(9-18)15-14(19)13-11(4-2)16-12-7-5-6-8-17(12)13/h5-8,10,18H,3-4,9H2,1-2H3,(H,15,19). The van der Waals surface area contributed by atoms with Crippen molar-refractivity contribution in [2.45, 2.75) is 32.7 Å². The number of aryl methyl sites for hydroxylation is 1. The van der Waals surface area contributed by atoms with E-state index in [0.717, 1.165) is 11.3 Å². The van der Waals surface area contributed by atoms with Gasteiger partial charge in [0.05, 0.1) is 18.3 Å². The number of carbonyl (C=O) groups excluding carboxylic acids is 1. The molecule has 0 bridgehead atoms. The first kappa shape index (κ1) is 13.5. The fourth-order valence-corrected chi connectivity index (χ4v) is 2.06. The van der Waals surface area contributed by atoms with E-state index in [0.29, 0.717) is 18.5 Å². The van der Waals surface area contributed by atoms with E-state index < -0.39 is 0 Å². The number of aromatic nitrogens is 2. The molecule has 102 valence electrons. The third kappa shape index (κ3) is 2.61. The summed E-state index contributed by atoms with van der Waals surface area (Å²) < 4.78 is 1.79. The first-order valence-corrected chi connectivity index (χ1v) is 6.58. The third-order valence-corrected chi connectivity index (χ3v) is 3.20. The molecule has 0 aromatic carbocycles. The van der Waals surface area contributed by atoms with E-state index in [-0.39, 0.29) is 18.6 Å². The quantitative estimate of drug-likeness (QED) is 0.855. The van der Waals surface area contributed by atoms with E-state index >= 15 is 0 Å². The molecule has 0 aliphatic rings. The largest absolute Gasteiger partial charge is 0.394 e. The van der Waals surface area contributed by atoms with Gasteiger partial charge < -0.3 is 10.4 Å². The highest BCUT2D eigenvalue weighted by atomic mass is 16.3. The molecule has 1 atom stereocenters. The number of imidazole rings is 1. The van der Waals surface area contributed by atoms with Gasteiger partial charge in [-0.15, -0.1) is 0 Å². The highest BCUT2D eigenvalue weighted by molar-refractivity contribution is 5.95. The first-order chi connectivity index (χ1) is 9.21. The minimum absolute atomic E-state index is 0.0551. The minimum atomic E-state index is -0.216. The summed E-state index contributed by atoms with van der Waals surface area (Å²) in [5.41, 5.74) is 2.10. The molecule has 5 nitrogen and oxygen atoms in total. The summed E-state index contributed by atoms with van der Waals surface area (Å²) in [7, 11) is 0. The molecule has 1 amide bonds. The van der Waals surface area contributed by atoms with Crippen molar-refractivity contribution in [2.75, 3.05) is 6.61 Å². The summed E-state index contributed by atoms with van der Waals surface area (Å²) in [6.07, 6.45) is 3.22. The Morgan fingerprint density at radius 2 is 2.26 bits per heavy atom. The van der Waals surface area contributed by atoms with Crippen molar-refractivity contribution in [3.63, 3.8) is 0 Å². The van der Waals surface area contributed by atoms with Crippen LogP contribution in [0.4, 0.5) is 0 Å². The van der Waals surface area contributed by atoms with Gasteiger partial charge in [-0.3, -0.25) is 9.20 Å². The van der Waals surface area contributed by atoms with Crippen molar-refractivity contribution in [2.24, 2.45) is 0 Å². The maximum absolute atomic E-state index is 12.3. The van der Waals surface area contributed by atoms with Gasteiger partial charge in [0.15, 0.2) is 0 Å². The van der Waals surface area contributed by atoms with Gasteiger partial charge in [0.1, 0.15) is 11.3 Å². The summed E-state index contributed by atoms with van der Waals surface area (Å²) in [6, 6.07) is 5.42. The van der Waals surface area contributed by atoms with Crippen LogP contribution in [0.5, 0.6) is 0 Å². The number of nitrogens with zero attached hydrogens (tertiary/aromatic N) is 2. The van der Waals surface area contributed by atoms with Crippen molar-refractivity contribution in [1.29, 1.82) is 0 Å². The first-order valence-electron chi connectivity index (χ1n) is 6.58. The van der Waals surface area contributed by atoms with Gasteiger partial charge in [0.25, 0.3) is 5.91 Å². The van der Waals surface area contributed by atoms with Crippen LogP contribution < -0.4 is 5.32 Å². The van der Waals surface area contributed by atoms with Crippen LogP contribution in [-0.2, 0) is 6.42 Å². The van der Waals surface area contributed by atoms with Crippen LogP contribution in [0.2, 0.25) is 0 Å². The van der Waals surface area contributed by atoms with Crippen molar-refractivity contribution < 1.29 is 9.90 Å². The molecule has 0 saturated carbocycles. The number of pyridine rings is 1. The second-order valence-electron chi connectivity index (χ2n) is 4.45. The number of aliphatic hydroxyl groups excluding tert-OH is 1. The highest BCUT2D eigenvalue weighted by Gasteiger charge is 2.19. The lowest BCUT2D eigenvalue weighted by Gasteiger charge is -2.14. The van der Waals surface area contributed by atoms with Crippen LogP contribution in [0.15, 0.2) is 24.4 Å². The Kier molecular flexibility index (Phi) is 4.16. The lowest BCUT2D eigenvalue weighted by molar-refractivity contribution is 0.0908. The monoisotopic (exact) mass is 261 g/mol. The maximum Gasteiger partial charge on any atom is 0.270 e. The fourth-order valence-electron chi connectivity index (χ4n) is 2.06. The number of carbonyl (C=O) groups is 1. The van der Waals surface area contributed by atoms with Crippen LogP contribution in [0, 0.1) is 0 Å². The Morgan fingerprint density at radius 1 is 1.47 bits per heavy atom. The predicted octanol–water partition coefficient (Wildman–Crippen LogP) is 1.40. The van der Waals surface area contributed by atoms with E-state index in [1.165, 1.54) is 0 Å². The van der Waals surface area contributed by atoms with Gasteiger partial charge in [-0.1, -0.05) is 19.9 Å². The predicted molar refractivity (Wildman–Crippen MR) is 73.2 cm³/mol. The van der Waals surface area contributed by atoms with Crippen molar-refractivity contribution >= 4 is 11.6 Å². The molecular formula is C14H19N3O2. The zero-order valence-corrected chi connectivity index (χ0v) is 11.3. The van der Waals surface area contributed by atoms with E-state index in [9.17, 15) is 9.90 Å². The fraction of sp³-hybridized carbons (Fsp3) is 0.429. The van der Waals surface area contributed by atoms with E-state index in [2.05, 4.69) is 10.3 Å². The third-order valence-electron chi connectivity index (χ3n) is 3.20. The molecule has 2 aromatic rings. The van der Waals surface area contributed by atoms with Crippen LogP contribution in [0.25, 0.3) is 5.65 Å². The highest BCUT2D eigenvalue weighted by Crippen LogP contribution is 2.13. The number of hydrogen-bond acceptors (Lipinski definition) is 3. The topological polar surface area (TPSA) is 66.6 Å². The summed E-state index contributed by atoms with van der Waals surface area (Å²) in [6.45, 7) is 3.85.